The Hall–Kier alpha value is -1.33. The third kappa shape index (κ3) is 2.60. The van der Waals surface area contributed by atoms with E-state index in [4.69, 9.17) is 4.74 Å². The molecule has 1 saturated carbocycles. The van der Waals surface area contributed by atoms with Crippen LogP contribution in [0.1, 0.15) is 36.0 Å². The highest BCUT2D eigenvalue weighted by molar-refractivity contribution is 6.03. The summed E-state index contributed by atoms with van der Waals surface area (Å²) >= 11 is 0. The zero-order valence-electron chi connectivity index (χ0n) is 11.9. The molecule has 3 nitrogen and oxygen atoms in total. The fourth-order valence-electron chi connectivity index (χ4n) is 3.56. The van der Waals surface area contributed by atoms with Gasteiger partial charge in [-0.05, 0) is 31.0 Å². The Labute approximate surface area is 122 Å². The summed E-state index contributed by atoms with van der Waals surface area (Å²) in [6, 6.07) is 3.10. The molecule has 0 radical (unpaired) electrons. The average molecular weight is 295 g/mol. The maximum absolute atomic E-state index is 14.0. The molecule has 0 atom stereocenters. The lowest BCUT2D eigenvalue weighted by molar-refractivity contribution is -0.0132. The molecule has 114 valence electrons. The van der Waals surface area contributed by atoms with Gasteiger partial charge in [0.05, 0.1) is 24.3 Å². The lowest BCUT2D eigenvalue weighted by atomic mass is 9.85. The van der Waals surface area contributed by atoms with Crippen molar-refractivity contribution in [3.8, 4) is 0 Å². The second kappa shape index (κ2) is 5.81. The number of benzene rings is 1. The molecular weight excluding hydrogens is 276 g/mol. The van der Waals surface area contributed by atoms with Crippen molar-refractivity contribution in [1.82, 2.24) is 4.90 Å². The number of carbonyl (C=O) groups excluding carboxylic acids is 1. The van der Waals surface area contributed by atoms with Gasteiger partial charge in [-0.2, -0.15) is 0 Å². The van der Waals surface area contributed by atoms with Gasteiger partial charge in [0, 0.05) is 13.1 Å². The van der Waals surface area contributed by atoms with E-state index >= 15 is 0 Å². The van der Waals surface area contributed by atoms with Crippen LogP contribution in [0, 0.1) is 11.6 Å². The number of ether oxygens (including phenoxy) is 1. The third-order valence-electron chi connectivity index (χ3n) is 4.64. The highest BCUT2D eigenvalue weighted by atomic mass is 19.1. The number of Topliss-reactive ketones (excluding diaryl/α,β-unsaturated/α-hetero) is 1. The second-order valence-corrected chi connectivity index (χ2v) is 5.79. The number of morpholine rings is 1. The van der Waals surface area contributed by atoms with Crippen LogP contribution in [0.25, 0.3) is 0 Å². The van der Waals surface area contributed by atoms with Crippen LogP contribution in [0.5, 0.6) is 0 Å². The number of rotatable bonds is 3. The molecule has 2 fully saturated rings. The molecular formula is C16H19F2NO2. The van der Waals surface area contributed by atoms with E-state index in [1.54, 1.807) is 0 Å². The smallest absolute Gasteiger partial charge is 0.186 e. The van der Waals surface area contributed by atoms with Gasteiger partial charge in [0.25, 0.3) is 0 Å². The zero-order valence-corrected chi connectivity index (χ0v) is 11.9. The van der Waals surface area contributed by atoms with Crippen molar-refractivity contribution in [3.05, 3.63) is 35.4 Å². The Morgan fingerprint density at radius 2 is 1.81 bits per heavy atom. The van der Waals surface area contributed by atoms with E-state index in [0.717, 1.165) is 31.0 Å². The Morgan fingerprint density at radius 3 is 2.48 bits per heavy atom. The van der Waals surface area contributed by atoms with Gasteiger partial charge in [0.2, 0.25) is 0 Å². The Kier molecular flexibility index (Phi) is 4.04. The number of ketones is 1. The van der Waals surface area contributed by atoms with Gasteiger partial charge in [-0.3, -0.25) is 9.69 Å². The van der Waals surface area contributed by atoms with E-state index < -0.39 is 17.2 Å². The minimum absolute atomic E-state index is 0.122. The zero-order chi connectivity index (χ0) is 14.9. The van der Waals surface area contributed by atoms with E-state index in [0.29, 0.717) is 39.1 Å². The predicted molar refractivity (Wildman–Crippen MR) is 74.3 cm³/mol. The normalized spacial score (nSPS) is 22.4. The first-order valence-corrected chi connectivity index (χ1v) is 7.46. The summed E-state index contributed by atoms with van der Waals surface area (Å²) in [5, 5.41) is 0. The maximum atomic E-state index is 14.0. The molecule has 0 bridgehead atoms. The van der Waals surface area contributed by atoms with Crippen LogP contribution in [0.2, 0.25) is 0 Å². The van der Waals surface area contributed by atoms with Crippen LogP contribution in [0.3, 0.4) is 0 Å². The molecule has 0 amide bonds. The summed E-state index contributed by atoms with van der Waals surface area (Å²) in [4.78, 5) is 15.1. The number of hydrogen-bond donors (Lipinski definition) is 0. The van der Waals surface area contributed by atoms with Crippen LogP contribution in [-0.2, 0) is 4.74 Å². The van der Waals surface area contributed by atoms with Crippen LogP contribution in [0.15, 0.2) is 18.2 Å². The van der Waals surface area contributed by atoms with E-state index in [1.807, 2.05) is 0 Å². The van der Waals surface area contributed by atoms with Crippen molar-refractivity contribution < 1.29 is 18.3 Å². The average Bonchev–Trinajstić information content (AvgIpc) is 3.01. The van der Waals surface area contributed by atoms with Crippen molar-refractivity contribution in [1.29, 1.82) is 0 Å². The first-order valence-electron chi connectivity index (χ1n) is 7.46. The Balaban J connectivity index is 1.96. The van der Waals surface area contributed by atoms with Crippen LogP contribution < -0.4 is 0 Å². The monoisotopic (exact) mass is 295 g/mol. The van der Waals surface area contributed by atoms with Crippen LogP contribution in [0.4, 0.5) is 8.78 Å². The molecule has 0 N–H and O–H groups in total. The molecule has 5 heteroatoms. The summed E-state index contributed by atoms with van der Waals surface area (Å²) in [6.45, 7) is 2.51. The first-order chi connectivity index (χ1) is 10.1. The summed E-state index contributed by atoms with van der Waals surface area (Å²) in [7, 11) is 0. The molecule has 0 unspecified atom stereocenters. The van der Waals surface area contributed by atoms with E-state index in [-0.39, 0.29) is 11.3 Å². The standard InChI is InChI=1S/C16H19F2NO2/c17-12-3-4-14(18)13(11-12)15(20)16(5-1-2-6-16)19-7-9-21-10-8-19/h3-4,11H,1-2,5-10H2. The highest BCUT2D eigenvalue weighted by Gasteiger charge is 2.47. The van der Waals surface area contributed by atoms with Crippen LogP contribution >= 0.6 is 0 Å². The fraction of sp³-hybridized carbons (Fsp3) is 0.562. The molecule has 1 aromatic rings. The van der Waals surface area contributed by atoms with Crippen molar-refractivity contribution in [2.75, 3.05) is 26.3 Å². The van der Waals surface area contributed by atoms with E-state index in [9.17, 15) is 13.6 Å². The largest absolute Gasteiger partial charge is 0.379 e. The predicted octanol–water partition coefficient (Wildman–Crippen LogP) is 2.79. The Bertz CT molecular complexity index is 535. The van der Waals surface area contributed by atoms with Gasteiger partial charge in [-0.15, -0.1) is 0 Å². The van der Waals surface area contributed by atoms with Crippen molar-refractivity contribution >= 4 is 5.78 Å². The molecule has 1 heterocycles. The maximum Gasteiger partial charge on any atom is 0.186 e. The van der Waals surface area contributed by atoms with Crippen molar-refractivity contribution in [3.63, 3.8) is 0 Å². The molecule has 1 aliphatic carbocycles. The number of carbonyl (C=O) groups is 1. The SMILES string of the molecule is O=C(c1cc(F)ccc1F)C1(N2CCOCC2)CCCC1. The summed E-state index contributed by atoms with van der Waals surface area (Å²) in [5.74, 6) is -1.49. The lowest BCUT2D eigenvalue weighted by Gasteiger charge is -2.42. The van der Waals surface area contributed by atoms with E-state index in [2.05, 4.69) is 4.90 Å². The van der Waals surface area contributed by atoms with Crippen LogP contribution in [-0.4, -0.2) is 42.5 Å². The molecule has 1 aliphatic heterocycles. The molecule has 1 saturated heterocycles. The van der Waals surface area contributed by atoms with Crippen molar-refractivity contribution in [2.45, 2.75) is 31.2 Å². The first kappa shape index (κ1) is 14.6. The highest BCUT2D eigenvalue weighted by Crippen LogP contribution is 2.39. The fourth-order valence-corrected chi connectivity index (χ4v) is 3.56. The molecule has 21 heavy (non-hydrogen) atoms. The minimum Gasteiger partial charge on any atom is -0.379 e. The quantitative estimate of drug-likeness (QED) is 0.803. The van der Waals surface area contributed by atoms with Gasteiger partial charge in [0.1, 0.15) is 11.6 Å². The molecule has 0 aromatic heterocycles. The number of halogens is 2. The summed E-state index contributed by atoms with van der Waals surface area (Å²) in [5.41, 5.74) is -0.804. The summed E-state index contributed by atoms with van der Waals surface area (Å²) < 4.78 is 32.7. The van der Waals surface area contributed by atoms with E-state index in [1.165, 1.54) is 0 Å². The minimum atomic E-state index is -0.682. The van der Waals surface area contributed by atoms with Gasteiger partial charge in [-0.25, -0.2) is 8.78 Å². The van der Waals surface area contributed by atoms with Gasteiger partial charge < -0.3 is 4.74 Å². The Morgan fingerprint density at radius 1 is 1.14 bits per heavy atom. The third-order valence-corrected chi connectivity index (χ3v) is 4.64. The van der Waals surface area contributed by atoms with Gasteiger partial charge in [-0.1, -0.05) is 12.8 Å². The van der Waals surface area contributed by atoms with Crippen molar-refractivity contribution in [2.24, 2.45) is 0 Å². The lowest BCUT2D eigenvalue weighted by Crippen LogP contribution is -2.56. The number of hydrogen-bond acceptors (Lipinski definition) is 3. The second-order valence-electron chi connectivity index (χ2n) is 5.79. The topological polar surface area (TPSA) is 29.5 Å². The molecule has 2 aliphatic rings. The number of nitrogens with zero attached hydrogens (tertiary/aromatic N) is 1. The molecule has 3 rings (SSSR count). The summed E-state index contributed by atoms with van der Waals surface area (Å²) in [6.07, 6.45) is 3.31. The molecule has 0 spiro atoms. The molecule has 1 aromatic carbocycles. The van der Waals surface area contributed by atoms with Gasteiger partial charge >= 0.3 is 0 Å². The van der Waals surface area contributed by atoms with Gasteiger partial charge in [0.15, 0.2) is 5.78 Å².